The summed E-state index contributed by atoms with van der Waals surface area (Å²) in [6.07, 6.45) is 7.95. The van der Waals surface area contributed by atoms with E-state index in [9.17, 15) is 5.26 Å². The Balaban J connectivity index is 1.18. The minimum Gasteiger partial charge on any atom is -0.381 e. The van der Waals surface area contributed by atoms with Crippen molar-refractivity contribution >= 4 is 23.2 Å². The van der Waals surface area contributed by atoms with Crippen LogP contribution in [-0.2, 0) is 9.47 Å². The Morgan fingerprint density at radius 1 is 1.05 bits per heavy atom. The van der Waals surface area contributed by atoms with E-state index in [1.165, 1.54) is 19.4 Å². The Hall–Kier alpha value is -2.44. The van der Waals surface area contributed by atoms with Crippen LogP contribution < -0.4 is 10.6 Å². The van der Waals surface area contributed by atoms with Crippen LogP contribution in [-0.4, -0.2) is 73.5 Å². The van der Waals surface area contributed by atoms with E-state index in [2.05, 4.69) is 26.6 Å². The summed E-state index contributed by atoms with van der Waals surface area (Å²) >= 11 is 6.56. The summed E-state index contributed by atoms with van der Waals surface area (Å²) in [6.45, 7) is 6.86. The van der Waals surface area contributed by atoms with Crippen molar-refractivity contribution in [3.05, 3.63) is 35.5 Å². The average molecular weight is 525 g/mol. The smallest absolute Gasteiger partial charge is 0.126 e. The molecule has 2 saturated heterocycles. The van der Waals surface area contributed by atoms with Crippen LogP contribution in [0, 0.1) is 22.7 Å². The van der Waals surface area contributed by atoms with Crippen LogP contribution in [0.1, 0.15) is 38.5 Å². The van der Waals surface area contributed by atoms with Crippen LogP contribution in [0.15, 0.2) is 30.5 Å². The van der Waals surface area contributed by atoms with Gasteiger partial charge in [-0.05, 0) is 62.6 Å². The second-order valence-corrected chi connectivity index (χ2v) is 11.0. The highest BCUT2D eigenvalue weighted by Gasteiger charge is 2.32. The number of aromatic nitrogens is 2. The second-order valence-electron chi connectivity index (χ2n) is 10.6. The van der Waals surface area contributed by atoms with Crippen LogP contribution in [0.25, 0.3) is 11.3 Å². The molecule has 0 radical (unpaired) electrons. The largest absolute Gasteiger partial charge is 0.381 e. The molecule has 1 aliphatic carbocycles. The zero-order valence-corrected chi connectivity index (χ0v) is 22.2. The number of hydrogen-bond acceptors (Lipinski definition) is 8. The molecule has 0 spiro atoms. The van der Waals surface area contributed by atoms with Crippen molar-refractivity contribution < 1.29 is 9.47 Å². The van der Waals surface area contributed by atoms with Gasteiger partial charge in [-0.15, -0.1) is 0 Å². The number of anilines is 2. The molecule has 0 amide bonds. The van der Waals surface area contributed by atoms with Crippen molar-refractivity contribution in [2.24, 2.45) is 11.3 Å². The van der Waals surface area contributed by atoms with Crippen LogP contribution in [0.5, 0.6) is 0 Å². The Morgan fingerprint density at radius 2 is 1.81 bits per heavy atom. The molecule has 37 heavy (non-hydrogen) atoms. The first kappa shape index (κ1) is 26.2. The van der Waals surface area contributed by atoms with E-state index in [1.54, 1.807) is 6.20 Å². The molecule has 2 aliphatic heterocycles. The molecule has 3 aliphatic rings. The van der Waals surface area contributed by atoms with E-state index in [-0.39, 0.29) is 0 Å². The lowest BCUT2D eigenvalue weighted by atomic mass is 9.82. The minimum absolute atomic E-state index is 0.414. The van der Waals surface area contributed by atoms with E-state index in [0.717, 1.165) is 80.8 Å². The molecule has 2 N–H and O–H groups in total. The van der Waals surface area contributed by atoms with Gasteiger partial charge in [0.2, 0.25) is 0 Å². The third-order valence-electron chi connectivity index (χ3n) is 7.99. The van der Waals surface area contributed by atoms with Gasteiger partial charge in [0, 0.05) is 57.2 Å². The highest BCUT2D eigenvalue weighted by molar-refractivity contribution is 6.33. The van der Waals surface area contributed by atoms with E-state index < -0.39 is 5.41 Å². The summed E-state index contributed by atoms with van der Waals surface area (Å²) in [5, 5.41) is 17.3. The molecule has 198 valence electrons. The third kappa shape index (κ3) is 6.91. The highest BCUT2D eigenvalue weighted by atomic mass is 35.5. The maximum absolute atomic E-state index is 9.74. The van der Waals surface area contributed by atoms with Crippen LogP contribution in [0.3, 0.4) is 0 Å². The molecule has 0 aromatic carbocycles. The topological polar surface area (TPSA) is 95.3 Å². The summed E-state index contributed by atoms with van der Waals surface area (Å²) in [6, 6.07) is 10.8. The van der Waals surface area contributed by atoms with Crippen molar-refractivity contribution in [1.82, 2.24) is 14.9 Å². The number of nitrogens with zero attached hydrogens (tertiary/aromatic N) is 4. The number of nitriles is 1. The van der Waals surface area contributed by atoms with Crippen molar-refractivity contribution in [1.29, 1.82) is 5.26 Å². The van der Waals surface area contributed by atoms with Crippen LogP contribution in [0.2, 0.25) is 5.02 Å². The van der Waals surface area contributed by atoms with Crippen molar-refractivity contribution in [3.8, 4) is 17.3 Å². The number of nitrogens with one attached hydrogen (secondary N) is 2. The fourth-order valence-corrected chi connectivity index (χ4v) is 5.79. The summed E-state index contributed by atoms with van der Waals surface area (Å²) in [4.78, 5) is 11.9. The quantitative estimate of drug-likeness (QED) is 0.507. The van der Waals surface area contributed by atoms with Crippen molar-refractivity contribution in [2.45, 2.75) is 44.6 Å². The number of morpholine rings is 1. The summed E-state index contributed by atoms with van der Waals surface area (Å²) in [7, 11) is 0. The van der Waals surface area contributed by atoms with Gasteiger partial charge in [-0.2, -0.15) is 5.26 Å². The number of hydrogen-bond donors (Lipinski definition) is 2. The number of rotatable bonds is 8. The van der Waals surface area contributed by atoms with E-state index in [1.807, 2.05) is 24.3 Å². The summed E-state index contributed by atoms with van der Waals surface area (Å²) in [5.74, 6) is 2.34. The van der Waals surface area contributed by atoms with Crippen molar-refractivity contribution in [3.63, 3.8) is 0 Å². The molecule has 0 atom stereocenters. The first-order valence-electron chi connectivity index (χ1n) is 13.5. The fourth-order valence-electron chi connectivity index (χ4n) is 5.59. The molecule has 8 nitrogen and oxygen atoms in total. The van der Waals surface area contributed by atoms with Gasteiger partial charge in [0.25, 0.3) is 0 Å². The standard InChI is InChI=1S/C28H37ClN6O2/c29-24-17-31-27(33-22-6-4-21(5-7-22)18-35-10-14-37-15-11-35)16-23(24)25-2-1-3-26(34-25)32-20-28(19-30)8-12-36-13-9-28/h1-3,16-17,21-22H,4-15,18,20H2,(H,31,33)(H,32,34). The maximum Gasteiger partial charge on any atom is 0.126 e. The lowest BCUT2D eigenvalue weighted by molar-refractivity contribution is 0.0276. The van der Waals surface area contributed by atoms with E-state index >= 15 is 0 Å². The first-order valence-corrected chi connectivity index (χ1v) is 13.9. The molecule has 9 heteroatoms. The normalized spacial score (nSPS) is 24.2. The Bertz CT molecular complexity index is 1070. The zero-order chi connectivity index (χ0) is 25.5. The first-order chi connectivity index (χ1) is 18.1. The SMILES string of the molecule is N#CC1(CNc2cccc(-c3cc(NC4CCC(CN5CCOCC5)CC4)ncc3Cl)n2)CCOCC1. The van der Waals surface area contributed by atoms with Gasteiger partial charge in [-0.1, -0.05) is 17.7 Å². The predicted molar refractivity (Wildman–Crippen MR) is 146 cm³/mol. The maximum atomic E-state index is 9.74. The van der Waals surface area contributed by atoms with Crippen LogP contribution in [0.4, 0.5) is 11.6 Å². The number of pyridine rings is 2. The van der Waals surface area contributed by atoms with Gasteiger partial charge in [-0.3, -0.25) is 4.90 Å². The molecule has 3 fully saturated rings. The molecule has 0 bridgehead atoms. The van der Waals surface area contributed by atoms with Gasteiger partial charge in [0.05, 0.1) is 35.4 Å². The van der Waals surface area contributed by atoms with Gasteiger partial charge in [0.1, 0.15) is 11.6 Å². The molecule has 2 aromatic heterocycles. The lowest BCUT2D eigenvalue weighted by Crippen LogP contribution is -2.40. The zero-order valence-electron chi connectivity index (χ0n) is 21.4. The van der Waals surface area contributed by atoms with Crippen LogP contribution >= 0.6 is 11.6 Å². The Kier molecular flexibility index (Phi) is 8.78. The monoisotopic (exact) mass is 524 g/mol. The van der Waals surface area contributed by atoms with Gasteiger partial charge in [-0.25, -0.2) is 9.97 Å². The Morgan fingerprint density at radius 3 is 2.57 bits per heavy atom. The molecule has 5 rings (SSSR count). The van der Waals surface area contributed by atoms with Crippen molar-refractivity contribution in [2.75, 3.05) is 63.2 Å². The average Bonchev–Trinajstić information content (AvgIpc) is 2.95. The molecule has 2 aromatic rings. The summed E-state index contributed by atoms with van der Waals surface area (Å²) in [5.41, 5.74) is 1.22. The van der Waals surface area contributed by atoms with Gasteiger partial charge < -0.3 is 20.1 Å². The van der Waals surface area contributed by atoms with Gasteiger partial charge in [0.15, 0.2) is 0 Å². The molecule has 0 unspecified atom stereocenters. The third-order valence-corrected chi connectivity index (χ3v) is 8.30. The molecule has 1 saturated carbocycles. The van der Waals surface area contributed by atoms with Gasteiger partial charge >= 0.3 is 0 Å². The fraction of sp³-hybridized carbons (Fsp3) is 0.607. The molecule has 4 heterocycles. The minimum atomic E-state index is -0.414. The number of ether oxygens (including phenoxy) is 2. The molecular formula is C28H37ClN6O2. The second kappa shape index (κ2) is 12.4. The predicted octanol–water partition coefficient (Wildman–Crippen LogP) is 4.83. The molecular weight excluding hydrogens is 488 g/mol. The number of halogens is 1. The van der Waals surface area contributed by atoms with E-state index in [4.69, 9.17) is 26.1 Å². The summed E-state index contributed by atoms with van der Waals surface area (Å²) < 4.78 is 10.9. The Labute approximate surface area is 224 Å². The lowest BCUT2D eigenvalue weighted by Gasteiger charge is -2.34. The van der Waals surface area contributed by atoms with E-state index in [0.29, 0.717) is 30.8 Å². The highest BCUT2D eigenvalue weighted by Crippen LogP contribution is 2.33.